The molecular formula is C23H20BrClIN3O3. The maximum absolute atomic E-state index is 12.0. The van der Waals surface area contributed by atoms with Gasteiger partial charge in [-0.15, -0.1) is 0 Å². The number of hydrogen-bond acceptors (Lipinski definition) is 5. The van der Waals surface area contributed by atoms with Gasteiger partial charge in [-0.05, 0) is 70.6 Å². The zero-order chi connectivity index (χ0) is 22.9. The van der Waals surface area contributed by atoms with Crippen molar-refractivity contribution in [1.82, 2.24) is 5.43 Å². The third kappa shape index (κ3) is 7.11. The summed E-state index contributed by atoms with van der Waals surface area (Å²) in [7, 11) is 1.57. The second-order valence-corrected chi connectivity index (χ2v) is 9.05. The molecule has 0 fully saturated rings. The van der Waals surface area contributed by atoms with Gasteiger partial charge in [-0.2, -0.15) is 5.10 Å². The largest absolute Gasteiger partial charge is 0.493 e. The first-order chi connectivity index (χ1) is 15.5. The van der Waals surface area contributed by atoms with Crippen LogP contribution in [0.3, 0.4) is 0 Å². The van der Waals surface area contributed by atoms with Gasteiger partial charge in [0, 0.05) is 20.7 Å². The predicted molar refractivity (Wildman–Crippen MR) is 140 cm³/mol. The van der Waals surface area contributed by atoms with Crippen LogP contribution in [0.5, 0.6) is 11.5 Å². The highest BCUT2D eigenvalue weighted by molar-refractivity contribution is 14.1. The quantitative estimate of drug-likeness (QED) is 0.177. The molecule has 0 aromatic heterocycles. The van der Waals surface area contributed by atoms with Gasteiger partial charge < -0.3 is 14.8 Å². The van der Waals surface area contributed by atoms with Crippen LogP contribution in [0, 0.1) is 3.57 Å². The Morgan fingerprint density at radius 2 is 1.94 bits per heavy atom. The number of carbonyl (C=O) groups excluding carboxylic acids is 1. The average Bonchev–Trinajstić information content (AvgIpc) is 2.78. The summed E-state index contributed by atoms with van der Waals surface area (Å²) in [5, 5.41) is 7.71. The number of nitrogens with zero attached hydrogens (tertiary/aromatic N) is 1. The molecule has 0 saturated heterocycles. The fourth-order valence-electron chi connectivity index (χ4n) is 2.69. The minimum atomic E-state index is -0.259. The van der Waals surface area contributed by atoms with E-state index in [0.717, 1.165) is 24.9 Å². The van der Waals surface area contributed by atoms with Crippen LogP contribution in [0.1, 0.15) is 11.1 Å². The van der Waals surface area contributed by atoms with Crippen LogP contribution in [0.15, 0.2) is 70.2 Å². The molecule has 3 rings (SSSR count). The molecule has 2 N–H and O–H groups in total. The van der Waals surface area contributed by atoms with Gasteiger partial charge in [-0.1, -0.05) is 45.7 Å². The molecule has 0 radical (unpaired) electrons. The van der Waals surface area contributed by atoms with Crippen LogP contribution in [-0.2, 0) is 11.4 Å². The number of amides is 1. The summed E-state index contributed by atoms with van der Waals surface area (Å²) in [6.45, 7) is 0.426. The highest BCUT2D eigenvalue weighted by atomic mass is 127. The van der Waals surface area contributed by atoms with E-state index in [4.69, 9.17) is 21.1 Å². The normalized spacial score (nSPS) is 10.8. The van der Waals surface area contributed by atoms with E-state index in [9.17, 15) is 4.79 Å². The molecule has 0 spiro atoms. The van der Waals surface area contributed by atoms with E-state index in [2.05, 4.69) is 54.4 Å². The van der Waals surface area contributed by atoms with Gasteiger partial charge in [-0.3, -0.25) is 4.79 Å². The molecule has 0 atom stereocenters. The van der Waals surface area contributed by atoms with Crippen LogP contribution in [0.4, 0.5) is 5.69 Å². The van der Waals surface area contributed by atoms with E-state index in [1.165, 1.54) is 0 Å². The van der Waals surface area contributed by atoms with Gasteiger partial charge in [0.1, 0.15) is 6.61 Å². The molecule has 166 valence electrons. The number of hydrazone groups is 1. The highest BCUT2D eigenvalue weighted by Gasteiger charge is 2.12. The minimum absolute atomic E-state index is 0.106. The molecule has 0 heterocycles. The van der Waals surface area contributed by atoms with E-state index >= 15 is 0 Å². The molecular weight excluding hydrogens is 609 g/mol. The lowest BCUT2D eigenvalue weighted by Crippen LogP contribution is -2.25. The first-order valence-electron chi connectivity index (χ1n) is 9.51. The Balaban J connectivity index is 1.58. The number of hydrogen-bond donors (Lipinski definition) is 2. The zero-order valence-corrected chi connectivity index (χ0v) is 21.6. The van der Waals surface area contributed by atoms with Crippen molar-refractivity contribution in [3.63, 3.8) is 0 Å². The fourth-order valence-corrected chi connectivity index (χ4v) is 3.92. The van der Waals surface area contributed by atoms with Crippen LogP contribution in [0.25, 0.3) is 0 Å². The van der Waals surface area contributed by atoms with E-state index in [1.54, 1.807) is 19.4 Å². The van der Waals surface area contributed by atoms with Crippen molar-refractivity contribution in [2.24, 2.45) is 5.10 Å². The summed E-state index contributed by atoms with van der Waals surface area (Å²) >= 11 is 11.8. The van der Waals surface area contributed by atoms with E-state index in [1.807, 2.05) is 54.6 Å². The Morgan fingerprint density at radius 3 is 2.66 bits per heavy atom. The monoisotopic (exact) mass is 627 g/mol. The Labute approximate surface area is 213 Å². The molecule has 3 aromatic carbocycles. The summed E-state index contributed by atoms with van der Waals surface area (Å²) in [6, 6.07) is 18.8. The lowest BCUT2D eigenvalue weighted by atomic mass is 10.2. The lowest BCUT2D eigenvalue weighted by Gasteiger charge is -2.14. The summed E-state index contributed by atoms with van der Waals surface area (Å²) in [6.07, 6.45) is 1.56. The van der Waals surface area contributed by atoms with Gasteiger partial charge in [0.15, 0.2) is 11.5 Å². The van der Waals surface area contributed by atoms with Gasteiger partial charge in [0.25, 0.3) is 5.91 Å². The Bertz CT molecular complexity index is 1110. The number of rotatable bonds is 9. The third-order valence-corrected chi connectivity index (χ3v) is 5.98. The first-order valence-corrected chi connectivity index (χ1v) is 11.8. The second kappa shape index (κ2) is 12.1. The summed E-state index contributed by atoms with van der Waals surface area (Å²) < 4.78 is 13.3. The van der Waals surface area contributed by atoms with Crippen molar-refractivity contribution in [3.05, 3.63) is 84.9 Å². The molecule has 0 aliphatic carbocycles. The molecule has 6 nitrogen and oxygen atoms in total. The van der Waals surface area contributed by atoms with E-state index in [-0.39, 0.29) is 12.5 Å². The fraction of sp³-hybridized carbons (Fsp3) is 0.130. The predicted octanol–water partition coefficient (Wildman–Crippen LogP) is 5.86. The summed E-state index contributed by atoms with van der Waals surface area (Å²) in [4.78, 5) is 12.0. The van der Waals surface area contributed by atoms with Crippen LogP contribution in [0.2, 0.25) is 5.02 Å². The van der Waals surface area contributed by atoms with Gasteiger partial charge in [-0.25, -0.2) is 5.43 Å². The second-order valence-electron chi connectivity index (χ2n) is 6.57. The van der Waals surface area contributed by atoms with Crippen LogP contribution in [-0.4, -0.2) is 25.8 Å². The van der Waals surface area contributed by atoms with Crippen molar-refractivity contribution in [2.75, 3.05) is 19.0 Å². The number of halogens is 3. The van der Waals surface area contributed by atoms with Gasteiger partial charge in [0.2, 0.25) is 0 Å². The molecule has 9 heteroatoms. The van der Waals surface area contributed by atoms with Gasteiger partial charge >= 0.3 is 0 Å². The smallest absolute Gasteiger partial charge is 0.259 e. The van der Waals surface area contributed by atoms with Gasteiger partial charge in [0.05, 0.1) is 23.4 Å². The molecule has 0 aliphatic rings. The number of anilines is 1. The van der Waals surface area contributed by atoms with E-state index in [0.29, 0.717) is 23.1 Å². The maximum Gasteiger partial charge on any atom is 0.259 e. The summed E-state index contributed by atoms with van der Waals surface area (Å²) in [5.41, 5.74) is 5.00. The SMILES string of the molecule is COc1cc(/C=N\NC(=O)CNc2ccc(Br)cc2)cc(I)c1OCc1ccccc1Cl. The standard InChI is InChI=1S/C23H20BrClIN3O3/c1-31-21-11-15(10-20(26)23(21)32-14-16-4-2-3-5-19(16)25)12-28-29-22(30)13-27-18-8-6-17(24)7-9-18/h2-12,27H,13-14H2,1H3,(H,29,30)/b28-12-. The van der Waals surface area contributed by atoms with Crippen molar-refractivity contribution in [1.29, 1.82) is 0 Å². The van der Waals surface area contributed by atoms with E-state index < -0.39 is 0 Å². The lowest BCUT2D eigenvalue weighted by molar-refractivity contribution is -0.119. The third-order valence-electron chi connectivity index (χ3n) is 4.28. The Hall–Kier alpha value is -2.30. The molecule has 0 bridgehead atoms. The van der Waals surface area contributed by atoms with Crippen molar-refractivity contribution < 1.29 is 14.3 Å². The van der Waals surface area contributed by atoms with Crippen LogP contribution < -0.4 is 20.2 Å². The number of methoxy groups -OCH3 is 1. The Morgan fingerprint density at radius 1 is 1.19 bits per heavy atom. The van der Waals surface area contributed by atoms with Crippen LogP contribution >= 0.6 is 50.1 Å². The average molecular weight is 629 g/mol. The number of ether oxygens (including phenoxy) is 2. The minimum Gasteiger partial charge on any atom is -0.493 e. The molecule has 3 aromatic rings. The maximum atomic E-state index is 12.0. The Kier molecular flexibility index (Phi) is 9.19. The summed E-state index contributed by atoms with van der Waals surface area (Å²) in [5.74, 6) is 0.923. The molecule has 32 heavy (non-hydrogen) atoms. The van der Waals surface area contributed by atoms with Crippen molar-refractivity contribution in [2.45, 2.75) is 6.61 Å². The topological polar surface area (TPSA) is 72.0 Å². The number of benzene rings is 3. The molecule has 0 aliphatic heterocycles. The first kappa shape index (κ1) is 24.3. The molecule has 0 saturated carbocycles. The number of carbonyl (C=O) groups is 1. The zero-order valence-electron chi connectivity index (χ0n) is 17.1. The molecule has 1 amide bonds. The molecule has 0 unspecified atom stereocenters. The number of nitrogens with one attached hydrogen (secondary N) is 2. The van der Waals surface area contributed by atoms with Crippen molar-refractivity contribution >= 4 is 67.9 Å². The highest BCUT2D eigenvalue weighted by Crippen LogP contribution is 2.34. The van der Waals surface area contributed by atoms with Crippen molar-refractivity contribution in [3.8, 4) is 11.5 Å².